The Morgan fingerprint density at radius 2 is 1.75 bits per heavy atom. The predicted octanol–water partition coefficient (Wildman–Crippen LogP) is -0.0265. The van der Waals surface area contributed by atoms with Gasteiger partial charge in [0.1, 0.15) is 5.82 Å². The molecule has 0 aromatic carbocycles. The number of anilines is 2. The number of rotatable bonds is 2. The SMILES string of the molecule is CNc1nc(C)nc(N2CCN(C)CC2)n1. The summed E-state index contributed by atoms with van der Waals surface area (Å²) in [7, 11) is 3.96. The second-order valence-electron chi connectivity index (χ2n) is 4.05. The number of likely N-dealkylation sites (N-methyl/N-ethyl adjacent to an activating group) is 1. The van der Waals surface area contributed by atoms with Crippen molar-refractivity contribution in [1.82, 2.24) is 19.9 Å². The standard InChI is InChI=1S/C10H18N6/c1-8-12-9(11-2)14-10(13-8)16-6-4-15(3)5-7-16/h4-7H2,1-3H3,(H,11,12,13,14). The van der Waals surface area contributed by atoms with Crippen molar-refractivity contribution in [3.05, 3.63) is 5.82 Å². The Morgan fingerprint density at radius 1 is 1.06 bits per heavy atom. The average Bonchev–Trinajstić information content (AvgIpc) is 2.29. The number of aromatic nitrogens is 3. The van der Waals surface area contributed by atoms with Gasteiger partial charge >= 0.3 is 0 Å². The molecule has 6 nitrogen and oxygen atoms in total. The van der Waals surface area contributed by atoms with Crippen LogP contribution in [0.15, 0.2) is 0 Å². The molecule has 1 aliphatic heterocycles. The molecule has 0 radical (unpaired) electrons. The maximum atomic E-state index is 4.38. The summed E-state index contributed by atoms with van der Waals surface area (Å²) in [5.41, 5.74) is 0. The first-order valence-corrected chi connectivity index (χ1v) is 5.53. The third-order valence-corrected chi connectivity index (χ3v) is 2.75. The van der Waals surface area contributed by atoms with Gasteiger partial charge in [0, 0.05) is 33.2 Å². The molecule has 1 aromatic rings. The molecule has 1 N–H and O–H groups in total. The third-order valence-electron chi connectivity index (χ3n) is 2.75. The minimum absolute atomic E-state index is 0.640. The van der Waals surface area contributed by atoms with Gasteiger partial charge in [0.2, 0.25) is 11.9 Å². The predicted molar refractivity (Wildman–Crippen MR) is 63.8 cm³/mol. The highest BCUT2D eigenvalue weighted by Crippen LogP contribution is 2.12. The molecular weight excluding hydrogens is 204 g/mol. The molecule has 0 atom stereocenters. The molecule has 0 aliphatic carbocycles. The largest absolute Gasteiger partial charge is 0.357 e. The molecule has 16 heavy (non-hydrogen) atoms. The summed E-state index contributed by atoms with van der Waals surface area (Å²) in [6, 6.07) is 0. The molecule has 2 heterocycles. The lowest BCUT2D eigenvalue weighted by Gasteiger charge is -2.32. The molecule has 0 amide bonds. The van der Waals surface area contributed by atoms with Gasteiger partial charge in [-0.1, -0.05) is 0 Å². The molecule has 1 aromatic heterocycles. The number of aryl methyl sites for hydroxylation is 1. The Labute approximate surface area is 95.7 Å². The van der Waals surface area contributed by atoms with Gasteiger partial charge in [-0.3, -0.25) is 0 Å². The minimum Gasteiger partial charge on any atom is -0.357 e. The van der Waals surface area contributed by atoms with Crippen LogP contribution in [0.5, 0.6) is 0 Å². The maximum Gasteiger partial charge on any atom is 0.230 e. The molecule has 0 bridgehead atoms. The van der Waals surface area contributed by atoms with Gasteiger partial charge in [-0.25, -0.2) is 0 Å². The van der Waals surface area contributed by atoms with Gasteiger partial charge in [0.25, 0.3) is 0 Å². The fraction of sp³-hybridized carbons (Fsp3) is 0.700. The van der Waals surface area contributed by atoms with Crippen molar-refractivity contribution in [2.24, 2.45) is 0 Å². The van der Waals surface area contributed by atoms with E-state index in [1.54, 1.807) is 0 Å². The van der Waals surface area contributed by atoms with Crippen LogP contribution in [0.1, 0.15) is 5.82 Å². The summed E-state index contributed by atoms with van der Waals surface area (Å²) >= 11 is 0. The molecule has 1 saturated heterocycles. The molecule has 6 heteroatoms. The van der Waals surface area contributed by atoms with Crippen molar-refractivity contribution in [2.45, 2.75) is 6.92 Å². The van der Waals surface area contributed by atoms with Crippen molar-refractivity contribution in [3.8, 4) is 0 Å². The van der Waals surface area contributed by atoms with Crippen molar-refractivity contribution < 1.29 is 0 Å². The number of hydrogen-bond acceptors (Lipinski definition) is 6. The van der Waals surface area contributed by atoms with E-state index in [0.29, 0.717) is 5.95 Å². The second kappa shape index (κ2) is 4.61. The summed E-state index contributed by atoms with van der Waals surface area (Å²) in [5, 5.41) is 2.96. The van der Waals surface area contributed by atoms with Crippen molar-refractivity contribution >= 4 is 11.9 Å². The topological polar surface area (TPSA) is 57.2 Å². The van der Waals surface area contributed by atoms with Crippen LogP contribution in [0.3, 0.4) is 0 Å². The van der Waals surface area contributed by atoms with Crippen LogP contribution in [-0.4, -0.2) is 60.1 Å². The molecule has 1 aliphatic rings. The molecule has 0 saturated carbocycles. The lowest BCUT2D eigenvalue weighted by atomic mass is 10.3. The normalized spacial score (nSPS) is 17.6. The quantitative estimate of drug-likeness (QED) is 0.758. The van der Waals surface area contributed by atoms with E-state index in [2.05, 4.69) is 37.1 Å². The summed E-state index contributed by atoms with van der Waals surface area (Å²) in [6.45, 7) is 5.95. The van der Waals surface area contributed by atoms with E-state index in [1.165, 1.54) is 0 Å². The molecule has 1 fully saturated rings. The first kappa shape index (κ1) is 11.1. The van der Waals surface area contributed by atoms with Gasteiger partial charge < -0.3 is 15.1 Å². The monoisotopic (exact) mass is 222 g/mol. The van der Waals surface area contributed by atoms with Crippen molar-refractivity contribution in [1.29, 1.82) is 0 Å². The molecule has 2 rings (SSSR count). The van der Waals surface area contributed by atoms with E-state index in [1.807, 2.05) is 14.0 Å². The van der Waals surface area contributed by atoms with Crippen LogP contribution < -0.4 is 10.2 Å². The summed E-state index contributed by atoms with van der Waals surface area (Å²) in [5.74, 6) is 2.18. The van der Waals surface area contributed by atoms with E-state index in [0.717, 1.165) is 38.0 Å². The van der Waals surface area contributed by atoms with Gasteiger partial charge in [0.05, 0.1) is 0 Å². The van der Waals surface area contributed by atoms with Crippen molar-refractivity contribution in [3.63, 3.8) is 0 Å². The molecular formula is C10H18N6. The number of hydrogen-bond donors (Lipinski definition) is 1. The maximum absolute atomic E-state index is 4.38. The Hall–Kier alpha value is -1.43. The molecule has 0 spiro atoms. The fourth-order valence-electron chi connectivity index (χ4n) is 1.73. The summed E-state index contributed by atoms with van der Waals surface area (Å²) in [6.07, 6.45) is 0. The van der Waals surface area contributed by atoms with E-state index in [4.69, 9.17) is 0 Å². The zero-order chi connectivity index (χ0) is 11.5. The summed E-state index contributed by atoms with van der Waals surface area (Å²) < 4.78 is 0. The van der Waals surface area contributed by atoms with Crippen LogP contribution in [0.2, 0.25) is 0 Å². The minimum atomic E-state index is 0.640. The van der Waals surface area contributed by atoms with E-state index < -0.39 is 0 Å². The first-order chi connectivity index (χ1) is 7.69. The number of nitrogens with zero attached hydrogens (tertiary/aromatic N) is 5. The van der Waals surface area contributed by atoms with Crippen LogP contribution in [0, 0.1) is 6.92 Å². The average molecular weight is 222 g/mol. The first-order valence-electron chi connectivity index (χ1n) is 5.53. The third kappa shape index (κ3) is 2.38. The van der Waals surface area contributed by atoms with Gasteiger partial charge in [-0.15, -0.1) is 0 Å². The van der Waals surface area contributed by atoms with E-state index >= 15 is 0 Å². The zero-order valence-electron chi connectivity index (χ0n) is 10.1. The number of piperazine rings is 1. The second-order valence-corrected chi connectivity index (χ2v) is 4.05. The Bertz CT molecular complexity index is 358. The van der Waals surface area contributed by atoms with Crippen LogP contribution in [-0.2, 0) is 0 Å². The fourth-order valence-corrected chi connectivity index (χ4v) is 1.73. The smallest absolute Gasteiger partial charge is 0.230 e. The van der Waals surface area contributed by atoms with Gasteiger partial charge in [-0.05, 0) is 14.0 Å². The summed E-state index contributed by atoms with van der Waals surface area (Å²) in [4.78, 5) is 17.5. The highest BCUT2D eigenvalue weighted by Gasteiger charge is 2.17. The lowest BCUT2D eigenvalue weighted by molar-refractivity contribution is 0.311. The zero-order valence-corrected chi connectivity index (χ0v) is 10.1. The molecule has 88 valence electrons. The Morgan fingerprint density at radius 3 is 2.38 bits per heavy atom. The van der Waals surface area contributed by atoms with E-state index in [9.17, 15) is 0 Å². The Kier molecular flexibility index (Phi) is 3.19. The van der Waals surface area contributed by atoms with Crippen molar-refractivity contribution in [2.75, 3.05) is 50.5 Å². The lowest BCUT2D eigenvalue weighted by Crippen LogP contribution is -2.45. The van der Waals surface area contributed by atoms with Crippen LogP contribution in [0.4, 0.5) is 11.9 Å². The highest BCUT2D eigenvalue weighted by molar-refractivity contribution is 5.37. The van der Waals surface area contributed by atoms with Crippen LogP contribution >= 0.6 is 0 Å². The van der Waals surface area contributed by atoms with Crippen LogP contribution in [0.25, 0.3) is 0 Å². The molecule has 0 unspecified atom stereocenters. The number of nitrogens with one attached hydrogen (secondary N) is 1. The Balaban J connectivity index is 2.16. The highest BCUT2D eigenvalue weighted by atomic mass is 15.3. The van der Waals surface area contributed by atoms with E-state index in [-0.39, 0.29) is 0 Å². The van der Waals surface area contributed by atoms with Gasteiger partial charge in [-0.2, -0.15) is 15.0 Å². The van der Waals surface area contributed by atoms with Gasteiger partial charge in [0.15, 0.2) is 0 Å².